The fourth-order valence-corrected chi connectivity index (χ4v) is 1.79. The van der Waals surface area contributed by atoms with Gasteiger partial charge in [-0.2, -0.15) is 0 Å². The van der Waals surface area contributed by atoms with E-state index in [0.29, 0.717) is 17.3 Å². The number of halogens is 2. The average Bonchev–Trinajstić information content (AvgIpc) is 2.21. The van der Waals surface area contributed by atoms with Gasteiger partial charge < -0.3 is 15.3 Å². The smallest absolute Gasteiger partial charge is 0.134 e. The Bertz CT molecular complexity index is 332. The van der Waals surface area contributed by atoms with Gasteiger partial charge in [0.15, 0.2) is 0 Å². The van der Waals surface area contributed by atoms with E-state index >= 15 is 0 Å². The molecule has 0 aliphatic rings. The number of benzene rings is 1. The van der Waals surface area contributed by atoms with Crippen LogP contribution in [0.4, 0.5) is 0 Å². The zero-order chi connectivity index (χ0) is 11.4. The van der Waals surface area contributed by atoms with E-state index in [0.717, 1.165) is 0 Å². The van der Waals surface area contributed by atoms with Crippen LogP contribution >= 0.6 is 27.5 Å². The molecule has 0 saturated carbocycles. The van der Waals surface area contributed by atoms with Crippen LogP contribution < -0.4 is 0 Å². The maximum Gasteiger partial charge on any atom is 0.134 e. The minimum atomic E-state index is -1.01. The molecule has 2 atom stereocenters. The van der Waals surface area contributed by atoms with Crippen LogP contribution in [0.25, 0.3) is 0 Å². The summed E-state index contributed by atoms with van der Waals surface area (Å²) in [6, 6.07) is 4.41. The second kappa shape index (κ2) is 5.70. The molecule has 0 aromatic heterocycles. The molecular weight excluding hydrogens is 283 g/mol. The number of aliphatic hydroxyl groups excluding tert-OH is 2. The third-order valence-electron chi connectivity index (χ3n) is 2.08. The third-order valence-corrected chi connectivity index (χ3v) is 2.86. The maximum atomic E-state index is 9.71. The second-order valence-electron chi connectivity index (χ2n) is 3.20. The number of alkyl halides is 1. The Kier molecular flexibility index (Phi) is 4.86. The highest BCUT2D eigenvalue weighted by Crippen LogP contribution is 2.28. The molecule has 2 unspecified atom stereocenters. The van der Waals surface area contributed by atoms with E-state index in [-0.39, 0.29) is 10.8 Å². The number of hydrogen-bond donors (Lipinski definition) is 3. The third kappa shape index (κ3) is 3.34. The molecule has 5 heteroatoms. The van der Waals surface area contributed by atoms with E-state index in [1.807, 2.05) is 0 Å². The summed E-state index contributed by atoms with van der Waals surface area (Å²) in [5, 5.41) is 29.4. The molecule has 0 amide bonds. The Morgan fingerprint density at radius 1 is 1.33 bits per heavy atom. The Labute approximate surface area is 101 Å². The molecule has 0 bridgehead atoms. The summed E-state index contributed by atoms with van der Waals surface area (Å²) in [4.78, 5) is 0. The van der Waals surface area contributed by atoms with Gasteiger partial charge >= 0.3 is 0 Å². The lowest BCUT2D eigenvalue weighted by Crippen LogP contribution is -2.18. The van der Waals surface area contributed by atoms with Crippen molar-refractivity contribution in [2.24, 2.45) is 0 Å². The van der Waals surface area contributed by atoms with Gasteiger partial charge in [0, 0.05) is 5.33 Å². The van der Waals surface area contributed by atoms with Crippen LogP contribution in [-0.4, -0.2) is 26.8 Å². The number of phenols is 1. The van der Waals surface area contributed by atoms with E-state index < -0.39 is 12.2 Å². The first-order valence-corrected chi connectivity index (χ1v) is 5.96. The molecule has 1 rings (SSSR count). The van der Waals surface area contributed by atoms with Gasteiger partial charge in [0.05, 0.1) is 11.1 Å². The van der Waals surface area contributed by atoms with Crippen LogP contribution in [0.5, 0.6) is 5.75 Å². The number of hydrogen-bond acceptors (Lipinski definition) is 3. The quantitative estimate of drug-likeness (QED) is 0.747. The summed E-state index contributed by atoms with van der Waals surface area (Å²) in [6.07, 6.45) is -1.43. The topological polar surface area (TPSA) is 60.7 Å². The Balaban J connectivity index is 2.81. The minimum absolute atomic E-state index is 0.0979. The van der Waals surface area contributed by atoms with Gasteiger partial charge in [-0.3, -0.25) is 0 Å². The molecule has 84 valence electrons. The molecule has 3 N–H and O–H groups in total. The summed E-state index contributed by atoms with van der Waals surface area (Å²) < 4.78 is 0. The zero-order valence-electron chi connectivity index (χ0n) is 7.90. The first-order chi connectivity index (χ1) is 7.06. The Morgan fingerprint density at radius 2 is 2.00 bits per heavy atom. The van der Waals surface area contributed by atoms with Gasteiger partial charge in [-0.15, -0.1) is 0 Å². The van der Waals surface area contributed by atoms with E-state index in [1.165, 1.54) is 12.1 Å². The van der Waals surface area contributed by atoms with Gasteiger partial charge in [-0.1, -0.05) is 33.6 Å². The molecular formula is C10H12BrClO3. The molecule has 1 aromatic rings. The van der Waals surface area contributed by atoms with Gasteiger partial charge in [0.2, 0.25) is 0 Å². The highest BCUT2D eigenvalue weighted by Gasteiger charge is 2.18. The van der Waals surface area contributed by atoms with E-state index in [1.54, 1.807) is 6.07 Å². The Morgan fingerprint density at radius 3 is 2.53 bits per heavy atom. The van der Waals surface area contributed by atoms with Crippen molar-refractivity contribution in [3.63, 3.8) is 0 Å². The van der Waals surface area contributed by atoms with Crippen molar-refractivity contribution in [2.75, 3.05) is 5.33 Å². The highest BCUT2D eigenvalue weighted by atomic mass is 79.9. The van der Waals surface area contributed by atoms with Crippen molar-refractivity contribution >= 4 is 27.5 Å². The first kappa shape index (κ1) is 12.8. The zero-order valence-corrected chi connectivity index (χ0v) is 10.2. The average molecular weight is 296 g/mol. The molecule has 0 aliphatic heterocycles. The van der Waals surface area contributed by atoms with Crippen molar-refractivity contribution in [3.8, 4) is 5.75 Å². The molecule has 0 fully saturated rings. The summed E-state index contributed by atoms with van der Waals surface area (Å²) in [6.45, 7) is 0. The molecule has 1 aromatic carbocycles. The number of phenolic OH excluding ortho intramolecular Hbond substituents is 1. The second-order valence-corrected chi connectivity index (χ2v) is 4.40. The number of rotatable bonds is 4. The summed E-state index contributed by atoms with van der Waals surface area (Å²) >= 11 is 8.80. The lowest BCUT2D eigenvalue weighted by atomic mass is 10.0. The summed E-state index contributed by atoms with van der Waals surface area (Å²) in [5.41, 5.74) is 0.449. The molecule has 0 radical (unpaired) electrons. The molecule has 3 nitrogen and oxygen atoms in total. The standard InChI is InChI=1S/C10H12BrClO3/c11-4-3-8(13)10(15)6-1-2-7(12)9(14)5-6/h1-2,5,8,10,13-15H,3-4H2. The van der Waals surface area contributed by atoms with Crippen LogP contribution in [0.3, 0.4) is 0 Å². The van der Waals surface area contributed by atoms with Gasteiger partial charge in [0.1, 0.15) is 11.9 Å². The van der Waals surface area contributed by atoms with Crippen LogP contribution in [-0.2, 0) is 0 Å². The normalized spacial score (nSPS) is 14.9. The molecule has 0 spiro atoms. The molecule has 0 heterocycles. The monoisotopic (exact) mass is 294 g/mol. The largest absolute Gasteiger partial charge is 0.506 e. The van der Waals surface area contributed by atoms with Crippen molar-refractivity contribution in [1.29, 1.82) is 0 Å². The van der Waals surface area contributed by atoms with E-state index in [9.17, 15) is 15.3 Å². The number of aromatic hydroxyl groups is 1. The predicted molar refractivity (Wildman–Crippen MR) is 62.5 cm³/mol. The fraction of sp³-hybridized carbons (Fsp3) is 0.400. The molecule has 0 saturated heterocycles. The lowest BCUT2D eigenvalue weighted by molar-refractivity contribution is 0.0172. The highest BCUT2D eigenvalue weighted by molar-refractivity contribution is 9.09. The van der Waals surface area contributed by atoms with Crippen LogP contribution in [0.2, 0.25) is 5.02 Å². The lowest BCUT2D eigenvalue weighted by Gasteiger charge is -2.17. The first-order valence-electron chi connectivity index (χ1n) is 4.46. The maximum absolute atomic E-state index is 9.71. The van der Waals surface area contributed by atoms with Crippen LogP contribution in [0.15, 0.2) is 18.2 Å². The number of aliphatic hydroxyl groups is 2. The molecule has 0 aliphatic carbocycles. The van der Waals surface area contributed by atoms with Gasteiger partial charge in [0.25, 0.3) is 0 Å². The van der Waals surface area contributed by atoms with Gasteiger partial charge in [-0.25, -0.2) is 0 Å². The Hall–Kier alpha value is -0.290. The minimum Gasteiger partial charge on any atom is -0.506 e. The summed E-state index contributed by atoms with van der Waals surface area (Å²) in [5.74, 6) is -0.0979. The van der Waals surface area contributed by atoms with Crippen molar-refractivity contribution < 1.29 is 15.3 Å². The summed E-state index contributed by atoms with van der Waals surface area (Å²) in [7, 11) is 0. The van der Waals surface area contributed by atoms with Crippen molar-refractivity contribution in [1.82, 2.24) is 0 Å². The van der Waals surface area contributed by atoms with E-state index in [2.05, 4.69) is 15.9 Å². The predicted octanol–water partition coefficient (Wildman–Crippen LogP) is 2.22. The van der Waals surface area contributed by atoms with Crippen molar-refractivity contribution in [2.45, 2.75) is 18.6 Å². The van der Waals surface area contributed by atoms with E-state index in [4.69, 9.17) is 11.6 Å². The SMILES string of the molecule is Oc1cc(C(O)C(O)CCBr)ccc1Cl. The molecule has 15 heavy (non-hydrogen) atoms. The van der Waals surface area contributed by atoms with Crippen molar-refractivity contribution in [3.05, 3.63) is 28.8 Å². The van der Waals surface area contributed by atoms with Gasteiger partial charge in [-0.05, 0) is 24.1 Å². The van der Waals surface area contributed by atoms with Crippen LogP contribution in [0, 0.1) is 0 Å². The van der Waals surface area contributed by atoms with Crippen LogP contribution in [0.1, 0.15) is 18.1 Å². The fourth-order valence-electron chi connectivity index (χ4n) is 1.21.